The van der Waals surface area contributed by atoms with Crippen LogP contribution in [0, 0.1) is 6.92 Å². The first kappa shape index (κ1) is 14.2. The molecular weight excluding hydrogens is 278 g/mol. The van der Waals surface area contributed by atoms with Gasteiger partial charge in [-0.1, -0.05) is 24.8 Å². The van der Waals surface area contributed by atoms with Gasteiger partial charge in [-0.05, 0) is 36.8 Å². The van der Waals surface area contributed by atoms with E-state index in [1.807, 2.05) is 24.3 Å². The molecule has 22 heavy (non-hydrogen) atoms. The number of hydrogen-bond acceptors (Lipinski definition) is 4. The highest BCUT2D eigenvalue weighted by molar-refractivity contribution is 5.83. The molecule has 0 amide bonds. The first-order valence-electron chi connectivity index (χ1n) is 7.08. The first-order chi connectivity index (χ1) is 10.7. The lowest BCUT2D eigenvalue weighted by atomic mass is 10.1. The van der Waals surface area contributed by atoms with E-state index >= 15 is 0 Å². The highest BCUT2D eigenvalue weighted by Gasteiger charge is 2.19. The van der Waals surface area contributed by atoms with Gasteiger partial charge in [-0.25, -0.2) is 4.79 Å². The van der Waals surface area contributed by atoms with E-state index in [2.05, 4.69) is 30.5 Å². The summed E-state index contributed by atoms with van der Waals surface area (Å²) in [5.74, 6) is 0.856. The summed E-state index contributed by atoms with van der Waals surface area (Å²) in [5.41, 5.74) is 3.33. The Morgan fingerprint density at radius 1 is 1.32 bits per heavy atom. The minimum atomic E-state index is -0.465. The molecule has 0 spiro atoms. The quantitative estimate of drug-likeness (QED) is 0.494. The summed E-state index contributed by atoms with van der Waals surface area (Å²) in [4.78, 5) is 13.4. The molecule has 0 saturated carbocycles. The second-order valence-electron chi connectivity index (χ2n) is 5.15. The molecule has 0 aromatic heterocycles. The van der Waals surface area contributed by atoms with Crippen LogP contribution in [-0.2, 0) is 11.3 Å². The van der Waals surface area contributed by atoms with E-state index < -0.39 is 5.97 Å². The van der Waals surface area contributed by atoms with Gasteiger partial charge in [-0.3, -0.25) is 0 Å². The maximum absolute atomic E-state index is 11.3. The number of esters is 1. The summed E-state index contributed by atoms with van der Waals surface area (Å²) in [6, 6.07) is 13.6. The average molecular weight is 295 g/mol. The fourth-order valence-electron chi connectivity index (χ4n) is 2.51. The second-order valence-corrected chi connectivity index (χ2v) is 5.15. The molecule has 2 aromatic rings. The van der Waals surface area contributed by atoms with Crippen LogP contribution in [0.25, 0.3) is 0 Å². The number of nitrogens with zero attached hydrogens (tertiary/aromatic N) is 1. The molecule has 4 nitrogen and oxygen atoms in total. The minimum absolute atomic E-state index is 0.465. The van der Waals surface area contributed by atoms with Gasteiger partial charge in [0, 0.05) is 23.9 Å². The molecule has 2 aromatic carbocycles. The normalized spacial score (nSPS) is 13.0. The van der Waals surface area contributed by atoms with Crippen molar-refractivity contribution in [1.29, 1.82) is 0 Å². The molecule has 1 aliphatic heterocycles. The number of fused-ring (bicyclic) bond motifs is 1. The van der Waals surface area contributed by atoms with Gasteiger partial charge in [-0.15, -0.1) is 0 Å². The second kappa shape index (κ2) is 5.93. The summed E-state index contributed by atoms with van der Waals surface area (Å²) in [6.07, 6.45) is 1.15. The van der Waals surface area contributed by atoms with Gasteiger partial charge in [-0.2, -0.15) is 0 Å². The molecule has 0 atom stereocenters. The fourth-order valence-corrected chi connectivity index (χ4v) is 2.51. The van der Waals surface area contributed by atoms with Crippen LogP contribution < -0.4 is 14.4 Å². The zero-order chi connectivity index (χ0) is 15.5. The maximum Gasteiger partial charge on any atom is 0.335 e. The predicted octanol–water partition coefficient (Wildman–Crippen LogP) is 3.44. The Kier molecular flexibility index (Phi) is 3.83. The van der Waals surface area contributed by atoms with Gasteiger partial charge in [0.05, 0.1) is 0 Å². The van der Waals surface area contributed by atoms with Gasteiger partial charge in [0.25, 0.3) is 0 Å². The zero-order valence-electron chi connectivity index (χ0n) is 12.4. The number of ether oxygens (including phenoxy) is 2. The highest BCUT2D eigenvalue weighted by Crippen LogP contribution is 2.32. The van der Waals surface area contributed by atoms with E-state index in [4.69, 9.17) is 9.47 Å². The third-order valence-corrected chi connectivity index (χ3v) is 3.61. The van der Waals surface area contributed by atoms with Crippen LogP contribution in [0.1, 0.15) is 11.1 Å². The van der Waals surface area contributed by atoms with Crippen molar-refractivity contribution in [3.05, 3.63) is 66.2 Å². The molecular formula is C18H17NO3. The smallest absolute Gasteiger partial charge is 0.335 e. The lowest BCUT2D eigenvalue weighted by Crippen LogP contribution is -2.32. The average Bonchev–Trinajstić information content (AvgIpc) is 2.54. The van der Waals surface area contributed by atoms with Crippen LogP contribution in [-0.4, -0.2) is 12.7 Å². The molecule has 4 heteroatoms. The number of anilines is 1. The molecule has 0 radical (unpaired) electrons. The van der Waals surface area contributed by atoms with Crippen LogP contribution in [0.5, 0.6) is 11.5 Å². The van der Waals surface area contributed by atoms with E-state index in [1.165, 1.54) is 5.56 Å². The van der Waals surface area contributed by atoms with E-state index in [1.54, 1.807) is 6.07 Å². The number of benzene rings is 2. The van der Waals surface area contributed by atoms with Crippen molar-refractivity contribution in [2.24, 2.45) is 0 Å². The van der Waals surface area contributed by atoms with Gasteiger partial charge in [0.2, 0.25) is 0 Å². The Hall–Kier alpha value is -2.75. The Labute approximate surface area is 129 Å². The van der Waals surface area contributed by atoms with Gasteiger partial charge in [0.15, 0.2) is 6.73 Å². The van der Waals surface area contributed by atoms with Crippen LogP contribution in [0.3, 0.4) is 0 Å². The van der Waals surface area contributed by atoms with Crippen molar-refractivity contribution in [3.63, 3.8) is 0 Å². The van der Waals surface area contributed by atoms with Gasteiger partial charge in [0.1, 0.15) is 11.5 Å². The molecule has 3 rings (SSSR count). The van der Waals surface area contributed by atoms with Crippen molar-refractivity contribution in [2.75, 3.05) is 11.6 Å². The predicted molar refractivity (Wildman–Crippen MR) is 85.1 cm³/mol. The van der Waals surface area contributed by atoms with Gasteiger partial charge < -0.3 is 14.4 Å². The molecule has 0 aliphatic carbocycles. The summed E-state index contributed by atoms with van der Waals surface area (Å²) >= 11 is 0. The Morgan fingerprint density at radius 2 is 2.14 bits per heavy atom. The summed E-state index contributed by atoms with van der Waals surface area (Å²) in [5, 5.41) is 0. The number of carbonyl (C=O) groups excluding carboxylic acids is 1. The molecule has 0 N–H and O–H groups in total. The Balaban J connectivity index is 1.85. The molecule has 0 saturated heterocycles. The van der Waals surface area contributed by atoms with Crippen molar-refractivity contribution >= 4 is 11.7 Å². The fraction of sp³-hybridized carbons (Fsp3) is 0.167. The van der Waals surface area contributed by atoms with Crippen LogP contribution >= 0.6 is 0 Å². The third-order valence-electron chi connectivity index (χ3n) is 3.61. The third kappa shape index (κ3) is 2.81. The highest BCUT2D eigenvalue weighted by atomic mass is 16.5. The molecule has 0 unspecified atom stereocenters. The van der Waals surface area contributed by atoms with Crippen molar-refractivity contribution in [3.8, 4) is 11.5 Å². The summed E-state index contributed by atoms with van der Waals surface area (Å²) in [7, 11) is 0. The molecule has 112 valence electrons. The number of aryl methyl sites for hydroxylation is 1. The van der Waals surface area contributed by atoms with E-state index in [9.17, 15) is 4.79 Å². The lowest BCUT2D eigenvalue weighted by Gasteiger charge is -2.31. The lowest BCUT2D eigenvalue weighted by molar-refractivity contribution is -0.128. The largest absolute Gasteiger partial charge is 0.473 e. The van der Waals surface area contributed by atoms with Crippen LogP contribution in [0.2, 0.25) is 0 Å². The monoisotopic (exact) mass is 295 g/mol. The van der Waals surface area contributed by atoms with Crippen molar-refractivity contribution in [1.82, 2.24) is 0 Å². The SMILES string of the molecule is C=CC(=O)Oc1ccc2c(c1)CN(c1ccccc1C)CO2. The molecule has 1 aliphatic rings. The molecule has 0 fully saturated rings. The van der Waals surface area contributed by atoms with E-state index in [0.29, 0.717) is 19.0 Å². The first-order valence-corrected chi connectivity index (χ1v) is 7.08. The van der Waals surface area contributed by atoms with Crippen molar-refractivity contribution in [2.45, 2.75) is 13.5 Å². The van der Waals surface area contributed by atoms with Crippen LogP contribution in [0.4, 0.5) is 5.69 Å². The molecule has 0 bridgehead atoms. The number of carbonyl (C=O) groups is 1. The van der Waals surface area contributed by atoms with E-state index in [0.717, 1.165) is 23.1 Å². The summed E-state index contributed by atoms with van der Waals surface area (Å²) < 4.78 is 11.0. The molecule has 1 heterocycles. The van der Waals surface area contributed by atoms with Crippen molar-refractivity contribution < 1.29 is 14.3 Å². The maximum atomic E-state index is 11.3. The number of hydrogen-bond donors (Lipinski definition) is 0. The van der Waals surface area contributed by atoms with E-state index in [-0.39, 0.29) is 0 Å². The van der Waals surface area contributed by atoms with Gasteiger partial charge >= 0.3 is 5.97 Å². The Bertz CT molecular complexity index is 724. The zero-order valence-corrected chi connectivity index (χ0v) is 12.4. The summed E-state index contributed by atoms with van der Waals surface area (Å²) in [6.45, 7) is 6.69. The van der Waals surface area contributed by atoms with Crippen LogP contribution in [0.15, 0.2) is 55.1 Å². The number of para-hydroxylation sites is 1. The number of rotatable bonds is 3. The minimum Gasteiger partial charge on any atom is -0.473 e. The topological polar surface area (TPSA) is 38.8 Å². The Morgan fingerprint density at radius 3 is 2.91 bits per heavy atom. The standard InChI is InChI=1S/C18H17NO3/c1-3-18(20)22-15-8-9-17-14(10-15)11-19(12-21-17)16-7-5-4-6-13(16)2/h3-10H,1,11-12H2,2H3.